The van der Waals surface area contributed by atoms with E-state index in [1.54, 1.807) is 0 Å². The Hall–Kier alpha value is -1.47. The largest absolute Gasteiger partial charge is 0.365 e. The molecular weight excluding hydrogens is 354 g/mol. The van der Waals surface area contributed by atoms with E-state index in [-0.39, 0.29) is 18.1 Å². The minimum atomic E-state index is -0.279. The molecule has 1 aromatic rings. The smallest absolute Gasteiger partial charge is 0.251 e. The van der Waals surface area contributed by atoms with Crippen LogP contribution in [0.1, 0.15) is 76.4 Å². The van der Waals surface area contributed by atoms with Crippen molar-refractivity contribution in [3.05, 3.63) is 11.6 Å². The predicted octanol–water partition coefficient (Wildman–Crippen LogP) is 2.46. The first-order valence-electron chi connectivity index (χ1n) is 11.2. The van der Waals surface area contributed by atoms with Crippen molar-refractivity contribution in [2.24, 2.45) is 5.92 Å². The van der Waals surface area contributed by atoms with Crippen molar-refractivity contribution >= 4 is 5.91 Å². The minimum absolute atomic E-state index is 0.187. The molecule has 7 nitrogen and oxygen atoms in total. The number of piperidine rings is 1. The molecule has 3 atom stereocenters. The Labute approximate surface area is 168 Å². The Balaban J connectivity index is 1.32. The van der Waals surface area contributed by atoms with Crippen molar-refractivity contribution < 1.29 is 9.53 Å². The third-order valence-corrected chi connectivity index (χ3v) is 6.71. The maximum atomic E-state index is 13.1. The molecule has 3 aliphatic rings. The van der Waals surface area contributed by atoms with Crippen molar-refractivity contribution in [2.75, 3.05) is 19.6 Å². The van der Waals surface area contributed by atoms with E-state index in [1.807, 2.05) is 4.90 Å². The van der Waals surface area contributed by atoms with E-state index < -0.39 is 0 Å². The average molecular weight is 390 g/mol. The molecule has 1 saturated heterocycles. The Morgan fingerprint density at radius 2 is 2.04 bits per heavy atom. The summed E-state index contributed by atoms with van der Waals surface area (Å²) in [5, 5.41) is 12.2. The fourth-order valence-corrected chi connectivity index (χ4v) is 5.04. The summed E-state index contributed by atoms with van der Waals surface area (Å²) in [5.41, 5.74) is 0. The third-order valence-electron chi connectivity index (χ3n) is 6.71. The summed E-state index contributed by atoms with van der Waals surface area (Å²) in [6.45, 7) is 8.68. The number of rotatable bonds is 5. The highest BCUT2D eigenvalue weighted by molar-refractivity contribution is 5.81. The van der Waals surface area contributed by atoms with Gasteiger partial charge in [-0.3, -0.25) is 4.79 Å². The predicted molar refractivity (Wildman–Crippen MR) is 107 cm³/mol. The number of likely N-dealkylation sites (tertiary alicyclic amines) is 1. The number of carbonyl (C=O) groups is 1. The van der Waals surface area contributed by atoms with Gasteiger partial charge in [-0.1, -0.05) is 26.7 Å². The first-order chi connectivity index (χ1) is 13.7. The lowest BCUT2D eigenvalue weighted by Gasteiger charge is -2.36. The maximum Gasteiger partial charge on any atom is 0.251 e. The Morgan fingerprint density at radius 3 is 2.79 bits per heavy atom. The van der Waals surface area contributed by atoms with Crippen LogP contribution in [0.3, 0.4) is 0 Å². The van der Waals surface area contributed by atoms with Gasteiger partial charge in [-0.15, -0.1) is 10.2 Å². The van der Waals surface area contributed by atoms with Crippen LogP contribution < -0.4 is 5.32 Å². The highest BCUT2D eigenvalue weighted by Crippen LogP contribution is 2.30. The summed E-state index contributed by atoms with van der Waals surface area (Å²) in [7, 11) is 0. The third kappa shape index (κ3) is 4.25. The second-order valence-corrected chi connectivity index (χ2v) is 8.83. The van der Waals surface area contributed by atoms with Crippen molar-refractivity contribution in [2.45, 2.75) is 90.0 Å². The standard InChI is InChI=1S/C21H35N5O2/c1-3-18(28-17-6-4-5-15(2)13-17)21(27)25-10-7-16(8-11-25)20-24-23-19-14-22-9-12-26(19)20/h15-18,22H,3-14H2,1-2H3. The molecule has 1 aromatic heterocycles. The number of fused-ring (bicyclic) bond motifs is 1. The van der Waals surface area contributed by atoms with Crippen LogP contribution >= 0.6 is 0 Å². The SMILES string of the molecule is CCC(OC1CCCC(C)C1)C(=O)N1CCC(c2nnc3n2CCNC3)CC1. The highest BCUT2D eigenvalue weighted by Gasteiger charge is 2.33. The molecule has 3 heterocycles. The van der Waals surface area contributed by atoms with Crippen LogP contribution in [0.5, 0.6) is 0 Å². The molecule has 1 saturated carbocycles. The first-order valence-corrected chi connectivity index (χ1v) is 11.2. The van der Waals surface area contributed by atoms with Crippen LogP contribution in [0.25, 0.3) is 0 Å². The van der Waals surface area contributed by atoms with Gasteiger partial charge in [0.25, 0.3) is 5.91 Å². The number of hydrogen-bond donors (Lipinski definition) is 1. The average Bonchev–Trinajstić information content (AvgIpc) is 3.16. The van der Waals surface area contributed by atoms with Gasteiger partial charge in [0, 0.05) is 32.1 Å². The van der Waals surface area contributed by atoms with Crippen molar-refractivity contribution in [1.29, 1.82) is 0 Å². The summed E-state index contributed by atoms with van der Waals surface area (Å²) in [4.78, 5) is 15.1. The fraction of sp³-hybridized carbons (Fsp3) is 0.857. The van der Waals surface area contributed by atoms with Gasteiger partial charge in [-0.25, -0.2) is 0 Å². The fourth-order valence-electron chi connectivity index (χ4n) is 5.04. The number of amides is 1. The quantitative estimate of drug-likeness (QED) is 0.838. The van der Waals surface area contributed by atoms with Gasteiger partial charge in [-0.2, -0.15) is 0 Å². The molecule has 7 heteroatoms. The summed E-state index contributed by atoms with van der Waals surface area (Å²) in [5.74, 6) is 3.46. The molecule has 0 aromatic carbocycles. The van der Waals surface area contributed by atoms with Gasteiger partial charge >= 0.3 is 0 Å². The zero-order chi connectivity index (χ0) is 19.5. The number of hydrogen-bond acceptors (Lipinski definition) is 5. The van der Waals surface area contributed by atoms with E-state index in [1.165, 1.54) is 12.8 Å². The van der Waals surface area contributed by atoms with Gasteiger partial charge in [-0.05, 0) is 38.0 Å². The van der Waals surface area contributed by atoms with E-state index in [0.717, 1.165) is 76.5 Å². The van der Waals surface area contributed by atoms with Crippen molar-refractivity contribution in [1.82, 2.24) is 25.0 Å². The molecule has 0 radical (unpaired) electrons. The van der Waals surface area contributed by atoms with Crippen LogP contribution in [-0.2, 0) is 22.6 Å². The molecule has 1 aliphatic carbocycles. The minimum Gasteiger partial charge on any atom is -0.365 e. The Kier molecular flexibility index (Phi) is 6.31. The summed E-state index contributed by atoms with van der Waals surface area (Å²) in [6, 6.07) is 0. The van der Waals surface area contributed by atoms with E-state index in [2.05, 4.69) is 33.9 Å². The number of carbonyl (C=O) groups excluding carboxylic acids is 1. The summed E-state index contributed by atoms with van der Waals surface area (Å²) >= 11 is 0. The van der Waals surface area contributed by atoms with Gasteiger partial charge < -0.3 is 19.5 Å². The molecule has 3 unspecified atom stereocenters. The zero-order valence-electron chi connectivity index (χ0n) is 17.4. The van der Waals surface area contributed by atoms with Crippen LogP contribution in [-0.4, -0.2) is 57.4 Å². The Morgan fingerprint density at radius 1 is 1.21 bits per heavy atom. The normalized spacial score (nSPS) is 27.4. The lowest BCUT2D eigenvalue weighted by molar-refractivity contribution is -0.151. The second kappa shape index (κ2) is 8.91. The summed E-state index contributed by atoms with van der Waals surface area (Å²) in [6.07, 6.45) is 7.38. The van der Waals surface area contributed by atoms with E-state index in [4.69, 9.17) is 4.74 Å². The van der Waals surface area contributed by atoms with E-state index in [0.29, 0.717) is 11.8 Å². The van der Waals surface area contributed by atoms with Crippen LogP contribution in [0.2, 0.25) is 0 Å². The van der Waals surface area contributed by atoms with Crippen LogP contribution in [0.4, 0.5) is 0 Å². The van der Waals surface area contributed by atoms with Gasteiger partial charge in [0.1, 0.15) is 17.8 Å². The zero-order valence-corrected chi connectivity index (χ0v) is 17.4. The van der Waals surface area contributed by atoms with Crippen molar-refractivity contribution in [3.63, 3.8) is 0 Å². The number of nitrogens with zero attached hydrogens (tertiary/aromatic N) is 4. The van der Waals surface area contributed by atoms with Gasteiger partial charge in [0.2, 0.25) is 0 Å². The lowest BCUT2D eigenvalue weighted by atomic mass is 9.88. The molecule has 0 bridgehead atoms. The van der Waals surface area contributed by atoms with Crippen LogP contribution in [0, 0.1) is 5.92 Å². The molecular formula is C21H35N5O2. The van der Waals surface area contributed by atoms with E-state index in [9.17, 15) is 4.79 Å². The monoisotopic (exact) mass is 389 g/mol. The van der Waals surface area contributed by atoms with Crippen molar-refractivity contribution in [3.8, 4) is 0 Å². The molecule has 1 N–H and O–H groups in total. The Bertz CT molecular complexity index is 668. The second-order valence-electron chi connectivity index (χ2n) is 8.83. The van der Waals surface area contributed by atoms with E-state index >= 15 is 0 Å². The van der Waals surface area contributed by atoms with Crippen LogP contribution in [0.15, 0.2) is 0 Å². The molecule has 156 valence electrons. The molecule has 1 amide bonds. The van der Waals surface area contributed by atoms with Gasteiger partial charge in [0.15, 0.2) is 0 Å². The lowest BCUT2D eigenvalue weighted by Crippen LogP contribution is -2.46. The number of nitrogens with one attached hydrogen (secondary N) is 1. The first kappa shape index (κ1) is 19.8. The highest BCUT2D eigenvalue weighted by atomic mass is 16.5. The molecule has 2 fully saturated rings. The number of aromatic nitrogens is 3. The van der Waals surface area contributed by atoms with Gasteiger partial charge in [0.05, 0.1) is 12.6 Å². The topological polar surface area (TPSA) is 72.3 Å². The maximum absolute atomic E-state index is 13.1. The molecule has 0 spiro atoms. The number of ether oxygens (including phenoxy) is 1. The molecule has 2 aliphatic heterocycles. The molecule has 4 rings (SSSR count). The summed E-state index contributed by atoms with van der Waals surface area (Å²) < 4.78 is 8.55. The molecule has 28 heavy (non-hydrogen) atoms.